The number of allylic oxidation sites excluding steroid dienone is 5. The Morgan fingerprint density at radius 1 is 1.26 bits per heavy atom. The van der Waals surface area contributed by atoms with Gasteiger partial charge >= 0.3 is 5.97 Å². The minimum absolute atomic E-state index is 0.235. The second kappa shape index (κ2) is 12.7. The van der Waals surface area contributed by atoms with Gasteiger partial charge in [-0.3, -0.25) is 14.4 Å². The molecule has 1 atom stereocenters. The lowest BCUT2D eigenvalue weighted by molar-refractivity contribution is -0.154. The summed E-state index contributed by atoms with van der Waals surface area (Å²) in [6.45, 7) is 15.3. The van der Waals surface area contributed by atoms with Crippen molar-refractivity contribution in [2.24, 2.45) is 5.92 Å². The molecule has 1 saturated heterocycles. The number of carbonyl (C=O) groups is 3. The zero-order valence-electron chi connectivity index (χ0n) is 16.9. The molecule has 0 bridgehead atoms. The predicted octanol–water partition coefficient (Wildman–Crippen LogP) is 3.04. The third-order valence-electron chi connectivity index (χ3n) is 3.94. The van der Waals surface area contributed by atoms with Gasteiger partial charge in [-0.1, -0.05) is 56.9 Å². The molecule has 150 valence electrons. The third-order valence-corrected chi connectivity index (χ3v) is 3.94. The van der Waals surface area contributed by atoms with Crippen LogP contribution in [0.5, 0.6) is 0 Å². The Morgan fingerprint density at radius 2 is 1.89 bits per heavy atom. The second-order valence-electron chi connectivity index (χ2n) is 6.68. The van der Waals surface area contributed by atoms with E-state index in [4.69, 9.17) is 5.11 Å². The first-order valence-corrected chi connectivity index (χ1v) is 9.03. The molecule has 27 heavy (non-hydrogen) atoms. The number of aliphatic carboxylic acids is 1. The lowest BCUT2D eigenvalue weighted by atomic mass is 9.99. The van der Waals surface area contributed by atoms with Gasteiger partial charge in [0.15, 0.2) is 0 Å². The molecule has 1 heterocycles. The number of hydrogen-bond donors (Lipinski definition) is 1. The molecule has 1 aliphatic heterocycles. The molecule has 2 amide bonds. The summed E-state index contributed by atoms with van der Waals surface area (Å²) in [6.07, 6.45) is 9.55. The van der Waals surface area contributed by atoms with Gasteiger partial charge in [-0.25, -0.2) is 0 Å². The van der Waals surface area contributed by atoms with Crippen LogP contribution in [-0.4, -0.2) is 58.4 Å². The summed E-state index contributed by atoms with van der Waals surface area (Å²) in [7, 11) is 0. The van der Waals surface area contributed by atoms with Crippen LogP contribution in [0.4, 0.5) is 0 Å². The van der Waals surface area contributed by atoms with Crippen LogP contribution in [0.1, 0.15) is 34.1 Å². The highest BCUT2D eigenvalue weighted by Gasteiger charge is 2.37. The molecule has 1 fully saturated rings. The molecule has 0 radical (unpaired) electrons. The van der Waals surface area contributed by atoms with Gasteiger partial charge in [-0.05, 0) is 32.3 Å². The van der Waals surface area contributed by atoms with Crippen molar-refractivity contribution in [3.05, 3.63) is 49.1 Å². The van der Waals surface area contributed by atoms with Crippen molar-refractivity contribution in [1.82, 2.24) is 9.80 Å². The predicted molar refractivity (Wildman–Crippen MR) is 108 cm³/mol. The van der Waals surface area contributed by atoms with Crippen LogP contribution >= 0.6 is 0 Å². The average molecular weight is 376 g/mol. The summed E-state index contributed by atoms with van der Waals surface area (Å²) in [5, 5.41) is 8.78. The van der Waals surface area contributed by atoms with Crippen LogP contribution in [0.15, 0.2) is 49.1 Å². The van der Waals surface area contributed by atoms with E-state index in [0.29, 0.717) is 13.0 Å². The fourth-order valence-corrected chi connectivity index (χ4v) is 2.53. The van der Waals surface area contributed by atoms with E-state index in [1.807, 2.05) is 52.0 Å². The van der Waals surface area contributed by atoms with Crippen molar-refractivity contribution in [2.45, 2.75) is 40.2 Å². The number of hydrogen-bond acceptors (Lipinski definition) is 3. The van der Waals surface area contributed by atoms with E-state index in [9.17, 15) is 14.4 Å². The quantitative estimate of drug-likeness (QED) is 0.547. The van der Waals surface area contributed by atoms with Crippen molar-refractivity contribution in [1.29, 1.82) is 0 Å². The Kier molecular flexibility index (Phi) is 11.4. The van der Waals surface area contributed by atoms with E-state index >= 15 is 0 Å². The number of rotatable bonds is 7. The number of piperazine rings is 1. The Hall–Kier alpha value is -2.63. The van der Waals surface area contributed by atoms with Crippen LogP contribution in [0.3, 0.4) is 0 Å². The first-order valence-electron chi connectivity index (χ1n) is 9.03. The normalized spacial score (nSPS) is 17.6. The van der Waals surface area contributed by atoms with Crippen LogP contribution < -0.4 is 0 Å². The van der Waals surface area contributed by atoms with Crippen molar-refractivity contribution in [3.63, 3.8) is 0 Å². The maximum atomic E-state index is 12.3. The summed E-state index contributed by atoms with van der Waals surface area (Å²) in [5.41, 5.74) is 1.20. The Labute approximate surface area is 162 Å². The fraction of sp³-hybridized carbons (Fsp3) is 0.476. The molecular weight excluding hydrogens is 344 g/mol. The Balaban J connectivity index is 0.000000713. The van der Waals surface area contributed by atoms with Crippen LogP contribution in [0.25, 0.3) is 0 Å². The van der Waals surface area contributed by atoms with Gasteiger partial charge in [0.2, 0.25) is 11.8 Å². The highest BCUT2D eigenvalue weighted by molar-refractivity contribution is 5.94. The number of carboxylic acid groups (broad SMARTS) is 1. The number of nitrogens with zero attached hydrogens (tertiary/aromatic N) is 2. The van der Waals surface area contributed by atoms with Gasteiger partial charge in [0, 0.05) is 13.1 Å². The molecule has 0 saturated carbocycles. The van der Waals surface area contributed by atoms with Gasteiger partial charge in [0.1, 0.15) is 12.6 Å². The van der Waals surface area contributed by atoms with E-state index in [1.165, 1.54) is 21.4 Å². The lowest BCUT2D eigenvalue weighted by Crippen LogP contribution is -2.59. The zero-order valence-corrected chi connectivity index (χ0v) is 16.9. The fourth-order valence-electron chi connectivity index (χ4n) is 2.53. The molecule has 1 N–H and O–H groups in total. The Bertz CT molecular complexity index is 605. The topological polar surface area (TPSA) is 77.9 Å². The summed E-state index contributed by atoms with van der Waals surface area (Å²) < 4.78 is 0. The van der Waals surface area contributed by atoms with Crippen molar-refractivity contribution < 1.29 is 19.5 Å². The lowest BCUT2D eigenvalue weighted by Gasteiger charge is -2.40. The standard InChI is InChI=1S/C13H20N2O4.C8H12/c1-4-11(16)15-6-5-14(8-12(17)18)13(19)10(15)7-9(2)3;1-4-6-7-8(3)5-2/h4,9-10H,1,5-8H2,2-3H3,(H,17,18);4-7H,2H2,1,3H3/b;6-4-,8-7-. The largest absolute Gasteiger partial charge is 0.480 e. The van der Waals surface area contributed by atoms with Crippen LogP contribution in [-0.2, 0) is 14.4 Å². The van der Waals surface area contributed by atoms with Crippen molar-refractivity contribution in [3.8, 4) is 0 Å². The van der Waals surface area contributed by atoms with E-state index < -0.39 is 12.0 Å². The molecule has 0 aromatic heterocycles. The maximum absolute atomic E-state index is 12.3. The van der Waals surface area contributed by atoms with Crippen LogP contribution in [0.2, 0.25) is 0 Å². The maximum Gasteiger partial charge on any atom is 0.323 e. The SMILES string of the molecule is C=C/C(C)=C\C=C/C.C=CC(=O)N1CCN(CC(=O)O)C(=O)C1CC(C)C. The first-order chi connectivity index (χ1) is 12.7. The summed E-state index contributed by atoms with van der Waals surface area (Å²) in [4.78, 5) is 37.5. The van der Waals surface area contributed by atoms with Crippen molar-refractivity contribution in [2.75, 3.05) is 19.6 Å². The number of amides is 2. The number of carboxylic acids is 1. The highest BCUT2D eigenvalue weighted by Crippen LogP contribution is 2.19. The van der Waals surface area contributed by atoms with Gasteiger partial charge in [0.25, 0.3) is 0 Å². The van der Waals surface area contributed by atoms with Crippen molar-refractivity contribution >= 4 is 17.8 Å². The molecule has 0 aliphatic carbocycles. The van der Waals surface area contributed by atoms with Gasteiger partial charge in [-0.15, -0.1) is 0 Å². The average Bonchev–Trinajstić information content (AvgIpc) is 2.62. The Morgan fingerprint density at radius 3 is 2.33 bits per heavy atom. The third kappa shape index (κ3) is 9.03. The summed E-state index contributed by atoms with van der Waals surface area (Å²) >= 11 is 0. The van der Waals surface area contributed by atoms with Gasteiger partial charge < -0.3 is 14.9 Å². The smallest absolute Gasteiger partial charge is 0.323 e. The molecule has 0 spiro atoms. The second-order valence-corrected chi connectivity index (χ2v) is 6.68. The highest BCUT2D eigenvalue weighted by atomic mass is 16.4. The molecule has 0 aromatic carbocycles. The molecule has 1 unspecified atom stereocenters. The molecule has 6 nitrogen and oxygen atoms in total. The molecular formula is C21H32N2O4. The van der Waals surface area contributed by atoms with E-state index in [0.717, 1.165) is 0 Å². The summed E-state index contributed by atoms with van der Waals surface area (Å²) in [5.74, 6) is -1.38. The number of carbonyl (C=O) groups excluding carboxylic acids is 2. The minimum atomic E-state index is -1.04. The zero-order chi connectivity index (χ0) is 21.0. The minimum Gasteiger partial charge on any atom is -0.480 e. The molecule has 1 aliphatic rings. The first kappa shape index (κ1) is 24.4. The van der Waals surface area contributed by atoms with E-state index in [2.05, 4.69) is 13.2 Å². The summed E-state index contributed by atoms with van der Waals surface area (Å²) in [6, 6.07) is -0.585. The van der Waals surface area contributed by atoms with E-state index in [1.54, 1.807) is 0 Å². The van der Waals surface area contributed by atoms with Gasteiger partial charge in [0.05, 0.1) is 0 Å². The molecule has 6 heteroatoms. The molecule has 0 aromatic rings. The monoisotopic (exact) mass is 376 g/mol. The van der Waals surface area contributed by atoms with E-state index in [-0.39, 0.29) is 30.8 Å². The molecule has 1 rings (SSSR count). The van der Waals surface area contributed by atoms with Crippen LogP contribution in [0, 0.1) is 5.92 Å². The van der Waals surface area contributed by atoms with Gasteiger partial charge in [-0.2, -0.15) is 0 Å².